The molecule has 0 aliphatic rings. The molecule has 0 spiro atoms. The minimum Gasteiger partial charge on any atom is -0.396 e. The van der Waals surface area contributed by atoms with Crippen molar-refractivity contribution in [3.05, 3.63) is 47.0 Å². The molecule has 0 aliphatic carbocycles. The molecule has 18 heavy (non-hydrogen) atoms. The van der Waals surface area contributed by atoms with E-state index in [1.807, 2.05) is 0 Å². The highest BCUT2D eigenvalue weighted by Gasteiger charge is 2.09. The van der Waals surface area contributed by atoms with Gasteiger partial charge in [0.15, 0.2) is 0 Å². The zero-order valence-corrected chi connectivity index (χ0v) is 10.5. The quantitative estimate of drug-likeness (QED) is 0.868. The highest BCUT2D eigenvalue weighted by molar-refractivity contribution is 6.33. The monoisotopic (exact) mass is 266 g/mol. The summed E-state index contributed by atoms with van der Waals surface area (Å²) in [7, 11) is 1.59. The first-order chi connectivity index (χ1) is 8.61. The number of hydrogen-bond donors (Lipinski definition) is 1. The van der Waals surface area contributed by atoms with Crippen LogP contribution < -0.4 is 5.73 Å². The maximum atomic E-state index is 13.5. The topological polar surface area (TPSA) is 48.1 Å². The Labute approximate surface area is 109 Å². The van der Waals surface area contributed by atoms with Crippen molar-refractivity contribution < 1.29 is 9.13 Å². The van der Waals surface area contributed by atoms with Crippen LogP contribution >= 0.6 is 11.6 Å². The first kappa shape index (κ1) is 12.8. The summed E-state index contributed by atoms with van der Waals surface area (Å²) in [5.74, 6) is -0.487. The Balaban J connectivity index is 2.48. The van der Waals surface area contributed by atoms with E-state index in [1.54, 1.807) is 25.4 Å². The van der Waals surface area contributed by atoms with Crippen LogP contribution in [0.3, 0.4) is 0 Å². The third-order valence-corrected chi connectivity index (χ3v) is 2.82. The first-order valence-corrected chi connectivity index (χ1v) is 5.68. The minimum atomic E-state index is -0.487. The summed E-state index contributed by atoms with van der Waals surface area (Å²) in [5, 5.41) is 0.406. The van der Waals surface area contributed by atoms with Gasteiger partial charge in [-0.25, -0.2) is 4.39 Å². The fraction of sp³-hybridized carbons (Fsp3) is 0.154. The maximum Gasteiger partial charge on any atom is 0.146 e. The lowest BCUT2D eigenvalue weighted by Gasteiger charge is -2.08. The van der Waals surface area contributed by atoms with Crippen molar-refractivity contribution in [2.24, 2.45) is 0 Å². The molecule has 5 heteroatoms. The second-order valence-corrected chi connectivity index (χ2v) is 4.23. The van der Waals surface area contributed by atoms with Crippen molar-refractivity contribution in [2.75, 3.05) is 12.8 Å². The molecular weight excluding hydrogens is 255 g/mol. The Kier molecular flexibility index (Phi) is 3.79. The number of methoxy groups -OCH3 is 1. The van der Waals surface area contributed by atoms with Gasteiger partial charge in [-0.3, -0.25) is 4.98 Å². The van der Waals surface area contributed by atoms with Crippen molar-refractivity contribution in [2.45, 2.75) is 6.61 Å². The third-order valence-electron chi connectivity index (χ3n) is 2.51. The van der Waals surface area contributed by atoms with Crippen LogP contribution in [0.4, 0.5) is 10.1 Å². The fourth-order valence-corrected chi connectivity index (χ4v) is 1.94. The van der Waals surface area contributed by atoms with Gasteiger partial charge in [0.2, 0.25) is 0 Å². The molecule has 0 amide bonds. The largest absolute Gasteiger partial charge is 0.396 e. The molecular formula is C13H12ClFN2O. The molecule has 1 aromatic heterocycles. The number of anilines is 1. The lowest BCUT2D eigenvalue weighted by Crippen LogP contribution is -1.94. The van der Waals surface area contributed by atoms with Crippen molar-refractivity contribution in [1.29, 1.82) is 0 Å². The van der Waals surface area contributed by atoms with Crippen LogP contribution in [0.15, 0.2) is 30.5 Å². The molecule has 0 unspecified atom stereocenters. The Morgan fingerprint density at radius 2 is 2.17 bits per heavy atom. The van der Waals surface area contributed by atoms with E-state index in [-0.39, 0.29) is 5.69 Å². The number of nitrogens with two attached hydrogens (primary N) is 1. The van der Waals surface area contributed by atoms with E-state index in [0.29, 0.717) is 17.2 Å². The van der Waals surface area contributed by atoms with Gasteiger partial charge >= 0.3 is 0 Å². The summed E-state index contributed by atoms with van der Waals surface area (Å²) >= 11 is 6.07. The molecule has 2 N–H and O–H groups in total. The van der Waals surface area contributed by atoms with Crippen LogP contribution in [0.1, 0.15) is 5.69 Å². The lowest BCUT2D eigenvalue weighted by atomic mass is 10.1. The van der Waals surface area contributed by atoms with Gasteiger partial charge in [0, 0.05) is 18.9 Å². The predicted octanol–water partition coefficient (Wildman–Crippen LogP) is 3.27. The molecule has 1 aromatic carbocycles. The van der Waals surface area contributed by atoms with Gasteiger partial charge in [-0.1, -0.05) is 11.6 Å². The van der Waals surface area contributed by atoms with E-state index in [0.717, 1.165) is 11.3 Å². The molecule has 0 bridgehead atoms. The van der Waals surface area contributed by atoms with Crippen molar-refractivity contribution >= 4 is 17.3 Å². The molecule has 2 rings (SSSR count). The van der Waals surface area contributed by atoms with Crippen LogP contribution in [0.25, 0.3) is 11.1 Å². The molecule has 0 saturated carbocycles. The Bertz CT molecular complexity index is 575. The summed E-state index contributed by atoms with van der Waals surface area (Å²) in [6, 6.07) is 6.29. The molecule has 2 aromatic rings. The van der Waals surface area contributed by atoms with Gasteiger partial charge in [-0.15, -0.1) is 0 Å². The molecule has 1 heterocycles. The number of benzene rings is 1. The van der Waals surface area contributed by atoms with Crippen LogP contribution in [0, 0.1) is 5.82 Å². The number of rotatable bonds is 3. The standard InChI is InChI=1S/C13H12ClFN2O/c1-18-7-9-4-8(2-3-17-9)10-5-12(15)13(16)6-11(10)14/h2-6H,7,16H2,1H3. The van der Waals surface area contributed by atoms with Gasteiger partial charge < -0.3 is 10.5 Å². The van der Waals surface area contributed by atoms with Crippen LogP contribution in [0.2, 0.25) is 5.02 Å². The highest BCUT2D eigenvalue weighted by Crippen LogP contribution is 2.31. The summed E-state index contributed by atoms with van der Waals surface area (Å²) in [5.41, 5.74) is 7.61. The van der Waals surface area contributed by atoms with Gasteiger partial charge in [0.05, 0.1) is 23.0 Å². The number of hydrogen-bond acceptors (Lipinski definition) is 3. The van der Waals surface area contributed by atoms with E-state index in [9.17, 15) is 4.39 Å². The highest BCUT2D eigenvalue weighted by atomic mass is 35.5. The van der Waals surface area contributed by atoms with Crippen LogP contribution in [0.5, 0.6) is 0 Å². The molecule has 3 nitrogen and oxygen atoms in total. The Morgan fingerprint density at radius 3 is 2.89 bits per heavy atom. The summed E-state index contributed by atoms with van der Waals surface area (Å²) < 4.78 is 18.5. The van der Waals surface area contributed by atoms with Gasteiger partial charge in [-0.05, 0) is 29.8 Å². The summed E-state index contributed by atoms with van der Waals surface area (Å²) in [4.78, 5) is 4.14. The van der Waals surface area contributed by atoms with Crippen LogP contribution in [-0.4, -0.2) is 12.1 Å². The van der Waals surface area contributed by atoms with Crippen molar-refractivity contribution in [1.82, 2.24) is 4.98 Å². The first-order valence-electron chi connectivity index (χ1n) is 5.30. The third kappa shape index (κ3) is 2.60. The van der Waals surface area contributed by atoms with E-state index < -0.39 is 5.82 Å². The normalized spacial score (nSPS) is 10.6. The second-order valence-electron chi connectivity index (χ2n) is 3.82. The van der Waals surface area contributed by atoms with Crippen LogP contribution in [-0.2, 0) is 11.3 Å². The molecule has 0 atom stereocenters. The van der Waals surface area contributed by atoms with Gasteiger partial charge in [0.25, 0.3) is 0 Å². The molecule has 0 saturated heterocycles. The van der Waals surface area contributed by atoms with Gasteiger partial charge in [-0.2, -0.15) is 0 Å². The van der Waals surface area contributed by atoms with E-state index in [2.05, 4.69) is 4.98 Å². The molecule has 0 radical (unpaired) electrons. The average Bonchev–Trinajstić information content (AvgIpc) is 2.34. The smallest absolute Gasteiger partial charge is 0.146 e. The van der Waals surface area contributed by atoms with E-state index >= 15 is 0 Å². The summed E-state index contributed by atoms with van der Waals surface area (Å²) in [6.45, 7) is 0.392. The molecule has 94 valence electrons. The minimum absolute atomic E-state index is 0.0370. The van der Waals surface area contributed by atoms with Gasteiger partial charge in [0.1, 0.15) is 5.82 Å². The number of halogens is 2. The number of ether oxygens (including phenoxy) is 1. The number of nitrogen functional groups attached to an aromatic ring is 1. The van der Waals surface area contributed by atoms with E-state index in [4.69, 9.17) is 22.1 Å². The van der Waals surface area contributed by atoms with Crippen molar-refractivity contribution in [3.63, 3.8) is 0 Å². The fourth-order valence-electron chi connectivity index (χ4n) is 1.66. The average molecular weight is 267 g/mol. The SMILES string of the molecule is COCc1cc(-c2cc(F)c(N)cc2Cl)ccn1. The number of pyridine rings is 1. The number of nitrogens with zero attached hydrogens (tertiary/aromatic N) is 1. The summed E-state index contributed by atoms with van der Waals surface area (Å²) in [6.07, 6.45) is 1.63. The molecule has 0 fully saturated rings. The van der Waals surface area contributed by atoms with E-state index in [1.165, 1.54) is 12.1 Å². The predicted molar refractivity (Wildman–Crippen MR) is 69.8 cm³/mol. The zero-order chi connectivity index (χ0) is 13.1. The maximum absolute atomic E-state index is 13.5. The Morgan fingerprint density at radius 1 is 1.39 bits per heavy atom. The Hall–Kier alpha value is -1.65. The zero-order valence-electron chi connectivity index (χ0n) is 9.78. The second kappa shape index (κ2) is 5.33. The number of aromatic nitrogens is 1. The van der Waals surface area contributed by atoms with Crippen molar-refractivity contribution in [3.8, 4) is 11.1 Å². The lowest BCUT2D eigenvalue weighted by molar-refractivity contribution is 0.181. The molecule has 0 aliphatic heterocycles.